The van der Waals surface area contributed by atoms with Gasteiger partial charge in [-0.15, -0.1) is 0 Å². The summed E-state index contributed by atoms with van der Waals surface area (Å²) in [6.07, 6.45) is -0.447. The minimum absolute atomic E-state index is 0.263. The molecular formula is C15H13BrINO2. The van der Waals surface area contributed by atoms with E-state index in [0.717, 1.165) is 24.9 Å². The van der Waals surface area contributed by atoms with Crippen molar-refractivity contribution in [2.24, 2.45) is 0 Å². The van der Waals surface area contributed by atoms with Crippen molar-refractivity contribution < 1.29 is 9.53 Å². The molecule has 0 aromatic heterocycles. The number of carbonyl (C=O) groups excluding carboxylic acids is 1. The van der Waals surface area contributed by atoms with E-state index < -0.39 is 6.09 Å². The topological polar surface area (TPSA) is 38.3 Å². The number of rotatable bonds is 3. The van der Waals surface area contributed by atoms with Crippen molar-refractivity contribution >= 4 is 50.3 Å². The van der Waals surface area contributed by atoms with Crippen molar-refractivity contribution in [2.45, 2.75) is 13.5 Å². The molecule has 0 atom stereocenters. The lowest BCUT2D eigenvalue weighted by Crippen LogP contribution is -2.15. The van der Waals surface area contributed by atoms with Gasteiger partial charge in [-0.3, -0.25) is 5.32 Å². The Hall–Kier alpha value is -1.08. The molecule has 0 fully saturated rings. The summed E-state index contributed by atoms with van der Waals surface area (Å²) in [5.41, 5.74) is 2.73. The SMILES string of the molecule is Cc1cc(Br)cc(I)c1NC(=O)OCc1ccccc1. The van der Waals surface area contributed by atoms with Gasteiger partial charge in [0.25, 0.3) is 0 Å². The number of amides is 1. The second-order valence-electron chi connectivity index (χ2n) is 4.27. The first-order valence-electron chi connectivity index (χ1n) is 5.99. The van der Waals surface area contributed by atoms with E-state index >= 15 is 0 Å². The van der Waals surface area contributed by atoms with Crippen LogP contribution in [0.15, 0.2) is 46.9 Å². The molecule has 0 spiro atoms. The number of hydrogen-bond donors (Lipinski definition) is 1. The molecule has 0 bridgehead atoms. The second-order valence-corrected chi connectivity index (χ2v) is 6.34. The van der Waals surface area contributed by atoms with Crippen molar-refractivity contribution in [3.8, 4) is 0 Å². The maximum absolute atomic E-state index is 11.8. The Bertz CT molecular complexity index is 594. The first-order valence-corrected chi connectivity index (χ1v) is 7.87. The molecule has 0 aliphatic rings. The zero-order chi connectivity index (χ0) is 14.5. The number of anilines is 1. The van der Waals surface area contributed by atoms with Crippen molar-refractivity contribution in [2.75, 3.05) is 5.32 Å². The van der Waals surface area contributed by atoms with E-state index in [9.17, 15) is 4.79 Å². The fourth-order valence-corrected chi connectivity index (χ4v) is 3.62. The fourth-order valence-electron chi connectivity index (χ4n) is 1.72. The van der Waals surface area contributed by atoms with Gasteiger partial charge >= 0.3 is 6.09 Å². The van der Waals surface area contributed by atoms with Crippen LogP contribution in [-0.4, -0.2) is 6.09 Å². The molecule has 0 heterocycles. The van der Waals surface area contributed by atoms with Crippen LogP contribution in [0.4, 0.5) is 10.5 Å². The largest absolute Gasteiger partial charge is 0.444 e. The van der Waals surface area contributed by atoms with E-state index in [2.05, 4.69) is 43.8 Å². The fraction of sp³-hybridized carbons (Fsp3) is 0.133. The van der Waals surface area contributed by atoms with Gasteiger partial charge in [-0.25, -0.2) is 4.79 Å². The maximum Gasteiger partial charge on any atom is 0.411 e. The van der Waals surface area contributed by atoms with Crippen LogP contribution in [0, 0.1) is 10.5 Å². The summed E-state index contributed by atoms with van der Waals surface area (Å²) in [6.45, 7) is 2.21. The third-order valence-electron chi connectivity index (χ3n) is 2.69. The number of hydrogen-bond acceptors (Lipinski definition) is 2. The van der Waals surface area contributed by atoms with Crippen LogP contribution in [0.2, 0.25) is 0 Å². The normalized spacial score (nSPS) is 10.2. The monoisotopic (exact) mass is 445 g/mol. The predicted octanol–water partition coefficient (Wildman–Crippen LogP) is 5.11. The zero-order valence-electron chi connectivity index (χ0n) is 10.8. The molecule has 3 nitrogen and oxygen atoms in total. The van der Waals surface area contributed by atoms with Gasteiger partial charge < -0.3 is 4.74 Å². The summed E-state index contributed by atoms with van der Waals surface area (Å²) >= 11 is 5.61. The number of benzene rings is 2. The van der Waals surface area contributed by atoms with Gasteiger partial charge in [0.2, 0.25) is 0 Å². The smallest absolute Gasteiger partial charge is 0.411 e. The molecule has 0 aliphatic heterocycles. The Morgan fingerprint density at radius 1 is 1.30 bits per heavy atom. The average molecular weight is 446 g/mol. The Morgan fingerprint density at radius 2 is 2.00 bits per heavy atom. The van der Waals surface area contributed by atoms with E-state index in [1.54, 1.807) is 0 Å². The molecule has 0 unspecified atom stereocenters. The number of aryl methyl sites for hydroxylation is 1. The summed E-state index contributed by atoms with van der Waals surface area (Å²) in [7, 11) is 0. The van der Waals surface area contributed by atoms with Gasteiger partial charge in [0, 0.05) is 8.04 Å². The predicted molar refractivity (Wildman–Crippen MR) is 91.8 cm³/mol. The first kappa shape index (κ1) is 15.3. The minimum atomic E-state index is -0.447. The highest BCUT2D eigenvalue weighted by molar-refractivity contribution is 14.1. The maximum atomic E-state index is 11.8. The van der Waals surface area contributed by atoms with E-state index in [4.69, 9.17) is 4.74 Å². The van der Waals surface area contributed by atoms with Crippen LogP contribution >= 0.6 is 38.5 Å². The molecular weight excluding hydrogens is 433 g/mol. The molecule has 0 aliphatic carbocycles. The van der Waals surface area contributed by atoms with Gasteiger partial charge in [0.1, 0.15) is 6.61 Å². The second kappa shape index (κ2) is 7.08. The zero-order valence-corrected chi connectivity index (χ0v) is 14.6. The first-order chi connectivity index (χ1) is 9.56. The van der Waals surface area contributed by atoms with E-state index in [0.29, 0.717) is 0 Å². The molecule has 0 saturated carbocycles. The lowest BCUT2D eigenvalue weighted by Gasteiger charge is -2.11. The van der Waals surface area contributed by atoms with Gasteiger partial charge in [0.15, 0.2) is 0 Å². The van der Waals surface area contributed by atoms with Crippen molar-refractivity contribution in [3.63, 3.8) is 0 Å². The lowest BCUT2D eigenvalue weighted by molar-refractivity contribution is 0.155. The summed E-state index contributed by atoms with van der Waals surface area (Å²) < 4.78 is 7.16. The van der Waals surface area contributed by atoms with Crippen LogP contribution in [0.25, 0.3) is 0 Å². The number of halogens is 2. The molecule has 2 rings (SSSR count). The molecule has 104 valence electrons. The Labute approximate surface area is 140 Å². The van der Waals surface area contributed by atoms with Gasteiger partial charge in [-0.2, -0.15) is 0 Å². The molecule has 0 saturated heterocycles. The van der Waals surface area contributed by atoms with Crippen molar-refractivity contribution in [3.05, 3.63) is 61.6 Å². The highest BCUT2D eigenvalue weighted by atomic mass is 127. The lowest BCUT2D eigenvalue weighted by atomic mass is 10.2. The Morgan fingerprint density at radius 3 is 2.65 bits per heavy atom. The van der Waals surface area contributed by atoms with E-state index in [-0.39, 0.29) is 6.61 Å². The standard InChI is InChI=1S/C15H13BrINO2/c1-10-7-12(16)8-13(17)14(10)18-15(19)20-9-11-5-3-2-4-6-11/h2-8H,9H2,1H3,(H,18,19). The van der Waals surface area contributed by atoms with Crippen molar-refractivity contribution in [1.82, 2.24) is 0 Å². The quantitative estimate of drug-likeness (QED) is 0.666. The molecule has 0 radical (unpaired) electrons. The summed E-state index contributed by atoms with van der Waals surface area (Å²) in [5, 5.41) is 2.79. The number of nitrogens with one attached hydrogen (secondary N) is 1. The molecule has 1 amide bonds. The number of carbonyl (C=O) groups is 1. The summed E-state index contributed by atoms with van der Waals surface area (Å²) in [6, 6.07) is 13.5. The van der Waals surface area contributed by atoms with Crippen LogP contribution in [0.3, 0.4) is 0 Å². The van der Waals surface area contributed by atoms with Crippen LogP contribution in [0.1, 0.15) is 11.1 Å². The van der Waals surface area contributed by atoms with Crippen molar-refractivity contribution in [1.29, 1.82) is 0 Å². The number of ether oxygens (including phenoxy) is 1. The highest BCUT2D eigenvalue weighted by Crippen LogP contribution is 2.27. The summed E-state index contributed by atoms with van der Waals surface area (Å²) in [5.74, 6) is 0. The molecule has 5 heteroatoms. The van der Waals surface area contributed by atoms with Gasteiger partial charge in [0.05, 0.1) is 5.69 Å². The minimum Gasteiger partial charge on any atom is -0.444 e. The molecule has 2 aromatic rings. The highest BCUT2D eigenvalue weighted by Gasteiger charge is 2.10. The van der Waals surface area contributed by atoms with E-state index in [1.807, 2.05) is 49.4 Å². The molecule has 1 N–H and O–H groups in total. The van der Waals surface area contributed by atoms with Crippen LogP contribution in [-0.2, 0) is 11.3 Å². The summed E-state index contributed by atoms with van der Waals surface area (Å²) in [4.78, 5) is 11.8. The molecule has 2 aromatic carbocycles. The molecule has 20 heavy (non-hydrogen) atoms. The third-order valence-corrected chi connectivity index (χ3v) is 4.00. The third kappa shape index (κ3) is 4.21. The van der Waals surface area contributed by atoms with Gasteiger partial charge in [-0.1, -0.05) is 46.3 Å². The van der Waals surface area contributed by atoms with Crippen LogP contribution < -0.4 is 5.32 Å². The average Bonchev–Trinajstić information content (AvgIpc) is 2.42. The Balaban J connectivity index is 1.98. The Kier molecular flexibility index (Phi) is 5.42. The van der Waals surface area contributed by atoms with Crippen LogP contribution in [0.5, 0.6) is 0 Å². The van der Waals surface area contributed by atoms with E-state index in [1.165, 1.54) is 0 Å². The van der Waals surface area contributed by atoms with Gasteiger partial charge in [-0.05, 0) is 52.8 Å².